The molecule has 1 amide bonds. The molecular formula is C25H32N2O7S2. The highest BCUT2D eigenvalue weighted by molar-refractivity contribution is 7.92. The molecule has 2 aromatic rings. The lowest BCUT2D eigenvalue weighted by atomic mass is 9.87. The third-order valence-corrected chi connectivity index (χ3v) is 9.47. The molecule has 1 aliphatic heterocycles. The lowest BCUT2D eigenvalue weighted by Crippen LogP contribution is -2.40. The van der Waals surface area contributed by atoms with E-state index in [1.165, 1.54) is 24.1 Å². The molecule has 0 aliphatic carbocycles. The highest BCUT2D eigenvalue weighted by atomic mass is 32.2. The molecule has 1 heterocycles. The quantitative estimate of drug-likeness (QED) is 0.539. The van der Waals surface area contributed by atoms with Crippen molar-refractivity contribution in [3.63, 3.8) is 0 Å². The van der Waals surface area contributed by atoms with Crippen molar-refractivity contribution in [2.45, 2.75) is 50.5 Å². The highest BCUT2D eigenvalue weighted by Gasteiger charge is 2.33. The van der Waals surface area contributed by atoms with E-state index in [0.29, 0.717) is 12.0 Å². The van der Waals surface area contributed by atoms with Crippen LogP contribution in [0, 0.1) is 6.92 Å². The zero-order chi connectivity index (χ0) is 26.9. The molecule has 0 spiro atoms. The number of ether oxygens (including phenoxy) is 1. The molecule has 0 unspecified atom stereocenters. The Balaban J connectivity index is 1.76. The van der Waals surface area contributed by atoms with E-state index in [9.17, 15) is 26.4 Å². The van der Waals surface area contributed by atoms with Gasteiger partial charge in [-0.2, -0.15) is 0 Å². The number of sulfone groups is 1. The fourth-order valence-electron chi connectivity index (χ4n) is 3.90. The van der Waals surface area contributed by atoms with Gasteiger partial charge in [0.25, 0.3) is 15.9 Å². The Labute approximate surface area is 212 Å². The topological polar surface area (TPSA) is 127 Å². The molecule has 1 aliphatic rings. The van der Waals surface area contributed by atoms with Gasteiger partial charge in [0.05, 0.1) is 27.7 Å². The van der Waals surface area contributed by atoms with Crippen molar-refractivity contribution in [1.82, 2.24) is 4.90 Å². The predicted octanol–water partition coefficient (Wildman–Crippen LogP) is 2.90. The minimum Gasteiger partial charge on any atom is -0.452 e. The number of para-hydroxylation sites is 1. The highest BCUT2D eigenvalue weighted by Crippen LogP contribution is 2.28. The SMILES string of the molecule is Cc1ccc(C(C)(C)C)cc1S(=O)(=O)Nc1ccccc1C(=O)OCC(=O)N(C)[C@H]1CCS(=O)(=O)C1. The fraction of sp³-hybridized carbons (Fsp3) is 0.440. The number of nitrogens with one attached hydrogen (secondary N) is 1. The van der Waals surface area contributed by atoms with E-state index in [1.54, 1.807) is 31.2 Å². The number of rotatable bonds is 7. The van der Waals surface area contributed by atoms with Crippen LogP contribution in [0.5, 0.6) is 0 Å². The Morgan fingerprint density at radius 2 is 1.81 bits per heavy atom. The lowest BCUT2D eigenvalue weighted by molar-refractivity contribution is -0.134. The van der Waals surface area contributed by atoms with Gasteiger partial charge in [-0.25, -0.2) is 21.6 Å². The van der Waals surface area contributed by atoms with Gasteiger partial charge in [0.1, 0.15) is 0 Å². The molecule has 0 radical (unpaired) electrons. The molecule has 1 saturated heterocycles. The first kappa shape index (κ1) is 27.7. The summed E-state index contributed by atoms with van der Waals surface area (Å²) in [4.78, 5) is 26.6. The summed E-state index contributed by atoms with van der Waals surface area (Å²) in [5.41, 5.74) is 1.11. The van der Waals surface area contributed by atoms with Crippen molar-refractivity contribution in [2.75, 3.05) is 29.9 Å². The van der Waals surface area contributed by atoms with Crippen LogP contribution in [0.3, 0.4) is 0 Å². The van der Waals surface area contributed by atoms with E-state index in [4.69, 9.17) is 4.74 Å². The average Bonchev–Trinajstić information content (AvgIpc) is 3.15. The number of hydrogen-bond acceptors (Lipinski definition) is 7. The van der Waals surface area contributed by atoms with Crippen molar-refractivity contribution in [2.24, 2.45) is 0 Å². The first-order valence-electron chi connectivity index (χ1n) is 11.5. The van der Waals surface area contributed by atoms with Gasteiger partial charge in [-0.05, 0) is 48.1 Å². The largest absolute Gasteiger partial charge is 0.452 e. The summed E-state index contributed by atoms with van der Waals surface area (Å²) in [5, 5.41) is 0. The molecule has 9 nitrogen and oxygen atoms in total. The second kappa shape index (κ2) is 10.2. The number of carbonyl (C=O) groups excluding carboxylic acids is 2. The second-order valence-corrected chi connectivity index (χ2v) is 13.9. The number of likely N-dealkylation sites (N-methyl/N-ethyl adjacent to an activating group) is 1. The number of hydrogen-bond donors (Lipinski definition) is 1. The smallest absolute Gasteiger partial charge is 0.340 e. The summed E-state index contributed by atoms with van der Waals surface area (Å²) in [6.45, 7) is 7.05. The standard InChI is InChI=1S/C25H32N2O7S2/c1-17-10-11-18(25(2,3)4)14-22(17)36(32,33)26-21-9-7-6-8-20(21)24(29)34-15-23(28)27(5)19-12-13-35(30,31)16-19/h6-11,14,19,26H,12-13,15-16H2,1-5H3/t19-/m0/s1. The van der Waals surface area contributed by atoms with Gasteiger partial charge in [-0.15, -0.1) is 0 Å². The summed E-state index contributed by atoms with van der Waals surface area (Å²) in [7, 11) is -5.74. The van der Waals surface area contributed by atoms with E-state index in [0.717, 1.165) is 5.56 Å². The first-order chi connectivity index (χ1) is 16.6. The number of nitrogens with zero attached hydrogens (tertiary/aromatic N) is 1. The third kappa shape index (κ3) is 6.44. The van der Waals surface area contributed by atoms with Crippen LogP contribution < -0.4 is 4.72 Å². The summed E-state index contributed by atoms with van der Waals surface area (Å²) < 4.78 is 57.5. The Hall–Kier alpha value is -2.92. The molecule has 36 heavy (non-hydrogen) atoms. The lowest BCUT2D eigenvalue weighted by Gasteiger charge is -2.23. The number of benzene rings is 2. The molecule has 1 N–H and O–H groups in total. The van der Waals surface area contributed by atoms with Crippen molar-refractivity contribution < 1.29 is 31.2 Å². The Morgan fingerprint density at radius 3 is 2.42 bits per heavy atom. The van der Waals surface area contributed by atoms with Crippen molar-refractivity contribution in [3.8, 4) is 0 Å². The van der Waals surface area contributed by atoms with Crippen molar-refractivity contribution in [3.05, 3.63) is 59.2 Å². The maximum Gasteiger partial charge on any atom is 0.340 e. The average molecular weight is 537 g/mol. The second-order valence-electron chi connectivity index (χ2n) is 10.0. The Bertz CT molecular complexity index is 1380. The van der Waals surface area contributed by atoms with Gasteiger partial charge in [-0.1, -0.05) is 45.0 Å². The van der Waals surface area contributed by atoms with E-state index in [2.05, 4.69) is 4.72 Å². The summed E-state index contributed by atoms with van der Waals surface area (Å²) in [5.74, 6) is -1.53. The van der Waals surface area contributed by atoms with Crippen molar-refractivity contribution >= 4 is 37.4 Å². The van der Waals surface area contributed by atoms with E-state index in [-0.39, 0.29) is 33.1 Å². The zero-order valence-corrected chi connectivity index (χ0v) is 22.7. The number of aryl methyl sites for hydroxylation is 1. The van der Waals surface area contributed by atoms with Crippen LogP contribution in [0.1, 0.15) is 48.7 Å². The summed E-state index contributed by atoms with van der Waals surface area (Å²) >= 11 is 0. The van der Waals surface area contributed by atoms with Gasteiger partial charge in [-0.3, -0.25) is 9.52 Å². The summed E-state index contributed by atoms with van der Waals surface area (Å²) in [6, 6.07) is 10.7. The van der Waals surface area contributed by atoms with Crippen LogP contribution in [0.4, 0.5) is 5.69 Å². The van der Waals surface area contributed by atoms with E-state index >= 15 is 0 Å². The van der Waals surface area contributed by atoms with E-state index < -0.39 is 44.4 Å². The molecule has 1 atom stereocenters. The molecule has 1 fully saturated rings. The molecular weight excluding hydrogens is 504 g/mol. The van der Waals surface area contributed by atoms with Gasteiger partial charge >= 0.3 is 5.97 Å². The van der Waals surface area contributed by atoms with Gasteiger partial charge < -0.3 is 9.64 Å². The van der Waals surface area contributed by atoms with Crippen LogP contribution in [0.15, 0.2) is 47.4 Å². The minimum atomic E-state index is -4.04. The molecule has 0 bridgehead atoms. The van der Waals surface area contributed by atoms with Crippen LogP contribution in [0.25, 0.3) is 0 Å². The maximum absolute atomic E-state index is 13.3. The molecule has 196 valence electrons. The molecule has 11 heteroatoms. The van der Waals surface area contributed by atoms with Crippen LogP contribution in [0.2, 0.25) is 0 Å². The summed E-state index contributed by atoms with van der Waals surface area (Å²) in [6.07, 6.45) is 0.332. The van der Waals surface area contributed by atoms with Crippen LogP contribution in [-0.4, -0.2) is 64.8 Å². The van der Waals surface area contributed by atoms with Gasteiger partial charge in [0.2, 0.25) is 0 Å². The molecule has 2 aromatic carbocycles. The van der Waals surface area contributed by atoms with Crippen LogP contribution in [-0.2, 0) is 34.8 Å². The molecule has 0 saturated carbocycles. The van der Waals surface area contributed by atoms with Crippen molar-refractivity contribution in [1.29, 1.82) is 0 Å². The molecule has 0 aromatic heterocycles. The minimum absolute atomic E-state index is 0.0146. The van der Waals surface area contributed by atoms with Gasteiger partial charge in [0.15, 0.2) is 16.4 Å². The first-order valence-corrected chi connectivity index (χ1v) is 14.8. The number of anilines is 1. The Kier molecular flexibility index (Phi) is 7.85. The fourth-order valence-corrected chi connectivity index (χ4v) is 7.02. The number of sulfonamides is 1. The van der Waals surface area contributed by atoms with Gasteiger partial charge in [0, 0.05) is 13.1 Å². The normalized spacial score (nSPS) is 17.4. The predicted molar refractivity (Wildman–Crippen MR) is 137 cm³/mol. The number of carbonyl (C=O) groups is 2. The molecule has 3 rings (SSSR count). The maximum atomic E-state index is 13.3. The number of esters is 1. The number of amides is 1. The Morgan fingerprint density at radius 1 is 1.14 bits per heavy atom. The van der Waals surface area contributed by atoms with E-state index in [1.807, 2.05) is 26.8 Å². The monoisotopic (exact) mass is 536 g/mol. The third-order valence-electron chi connectivity index (χ3n) is 6.21. The van der Waals surface area contributed by atoms with Crippen LogP contribution >= 0.6 is 0 Å². The zero-order valence-electron chi connectivity index (χ0n) is 21.1.